The molecule has 0 unspecified atom stereocenters. The molecule has 1 aliphatic rings. The molecule has 0 heterocycles. The minimum Gasteiger partial charge on any atom is -0.305 e. The van der Waals surface area contributed by atoms with Crippen molar-refractivity contribution in [3.63, 3.8) is 0 Å². The van der Waals surface area contributed by atoms with Crippen molar-refractivity contribution in [3.05, 3.63) is 36.5 Å². The lowest BCUT2D eigenvalue weighted by atomic mass is 9.98. The highest BCUT2D eigenvalue weighted by Crippen LogP contribution is 2.15. The monoisotopic (exact) mass is 147 g/mol. The van der Waals surface area contributed by atoms with E-state index in [-0.39, 0.29) is 0 Å². The van der Waals surface area contributed by atoms with Crippen LogP contribution in [-0.2, 0) is 0 Å². The van der Waals surface area contributed by atoms with Crippen LogP contribution in [0.1, 0.15) is 19.3 Å². The molecular formula is C10H13N. The third-order valence-corrected chi connectivity index (χ3v) is 1.72. The average Bonchev–Trinajstić information content (AvgIpc) is 2.01. The van der Waals surface area contributed by atoms with Crippen LogP contribution in [0, 0.1) is 5.41 Å². The molecule has 0 fully saturated rings. The van der Waals surface area contributed by atoms with Crippen LogP contribution in [0.25, 0.3) is 0 Å². The average molecular weight is 147 g/mol. The zero-order valence-electron chi connectivity index (χ0n) is 6.64. The van der Waals surface area contributed by atoms with Gasteiger partial charge in [0.1, 0.15) is 0 Å². The molecule has 11 heavy (non-hydrogen) atoms. The largest absolute Gasteiger partial charge is 0.305 e. The maximum Gasteiger partial charge on any atom is 0.0316 e. The van der Waals surface area contributed by atoms with Gasteiger partial charge < -0.3 is 5.41 Å². The Kier molecular flexibility index (Phi) is 2.84. The lowest BCUT2D eigenvalue weighted by Crippen LogP contribution is -1.99. The van der Waals surface area contributed by atoms with E-state index in [4.69, 9.17) is 5.41 Å². The standard InChI is InChI=1S/C10H13N/c1-2-3-5-9-6-4-7-10(11)8-9/h2-3,5,8,11H,1,4,6-7H2/b5-3-,11-10?. The van der Waals surface area contributed by atoms with E-state index in [1.165, 1.54) is 5.57 Å². The van der Waals surface area contributed by atoms with Crippen LogP contribution < -0.4 is 0 Å². The molecule has 1 heteroatoms. The topological polar surface area (TPSA) is 23.9 Å². The summed E-state index contributed by atoms with van der Waals surface area (Å²) in [4.78, 5) is 0. The molecule has 0 saturated carbocycles. The van der Waals surface area contributed by atoms with Gasteiger partial charge in [0, 0.05) is 5.71 Å². The molecule has 0 aliphatic heterocycles. The number of hydrogen-bond donors (Lipinski definition) is 1. The lowest BCUT2D eigenvalue weighted by Gasteiger charge is -2.08. The molecular weight excluding hydrogens is 134 g/mol. The fourth-order valence-corrected chi connectivity index (χ4v) is 1.17. The molecule has 0 aromatic rings. The fraction of sp³-hybridized carbons (Fsp3) is 0.300. The summed E-state index contributed by atoms with van der Waals surface area (Å²) in [6.07, 6.45) is 10.8. The SMILES string of the molecule is C=C/C=C\C1=CC(=N)CCC1. The van der Waals surface area contributed by atoms with Gasteiger partial charge in [-0.15, -0.1) is 0 Å². The molecule has 0 amide bonds. The first kappa shape index (κ1) is 7.99. The fourth-order valence-electron chi connectivity index (χ4n) is 1.17. The van der Waals surface area contributed by atoms with Gasteiger partial charge in [-0.3, -0.25) is 0 Å². The van der Waals surface area contributed by atoms with Gasteiger partial charge in [0.25, 0.3) is 0 Å². The van der Waals surface area contributed by atoms with Crippen LogP contribution in [0.3, 0.4) is 0 Å². The minimum absolute atomic E-state index is 0.750. The Morgan fingerprint density at radius 3 is 2.91 bits per heavy atom. The van der Waals surface area contributed by atoms with E-state index in [0.29, 0.717) is 0 Å². The summed E-state index contributed by atoms with van der Waals surface area (Å²) in [6.45, 7) is 3.60. The van der Waals surface area contributed by atoms with Gasteiger partial charge >= 0.3 is 0 Å². The van der Waals surface area contributed by atoms with Crippen molar-refractivity contribution >= 4 is 5.71 Å². The van der Waals surface area contributed by atoms with Gasteiger partial charge in [0.2, 0.25) is 0 Å². The molecule has 1 aliphatic carbocycles. The van der Waals surface area contributed by atoms with E-state index in [2.05, 4.69) is 6.58 Å². The summed E-state index contributed by atoms with van der Waals surface area (Å²) in [5.74, 6) is 0. The highest BCUT2D eigenvalue weighted by Gasteiger charge is 2.03. The highest BCUT2D eigenvalue weighted by atomic mass is 14.4. The number of hydrogen-bond acceptors (Lipinski definition) is 1. The number of allylic oxidation sites excluding steroid dienone is 5. The first-order valence-electron chi connectivity index (χ1n) is 3.90. The summed E-state index contributed by atoms with van der Waals surface area (Å²) in [5.41, 5.74) is 2.00. The molecule has 0 saturated heterocycles. The molecule has 0 bridgehead atoms. The molecule has 0 radical (unpaired) electrons. The van der Waals surface area contributed by atoms with E-state index in [1.54, 1.807) is 6.08 Å². The third-order valence-electron chi connectivity index (χ3n) is 1.72. The Bertz CT molecular complexity index is 221. The summed E-state index contributed by atoms with van der Waals surface area (Å²) < 4.78 is 0. The summed E-state index contributed by atoms with van der Waals surface area (Å²) in [5, 5.41) is 7.42. The van der Waals surface area contributed by atoms with Crippen molar-refractivity contribution in [2.75, 3.05) is 0 Å². The number of nitrogens with one attached hydrogen (secondary N) is 1. The Balaban J connectivity index is 2.63. The first-order valence-corrected chi connectivity index (χ1v) is 3.90. The van der Waals surface area contributed by atoms with Crippen molar-refractivity contribution in [2.45, 2.75) is 19.3 Å². The predicted octanol–water partition coefficient (Wildman–Crippen LogP) is 2.86. The second-order valence-electron chi connectivity index (χ2n) is 2.69. The van der Waals surface area contributed by atoms with Crippen molar-refractivity contribution in [2.24, 2.45) is 0 Å². The first-order chi connectivity index (χ1) is 5.33. The molecule has 58 valence electrons. The van der Waals surface area contributed by atoms with Gasteiger partial charge in [-0.05, 0) is 30.9 Å². The Hall–Kier alpha value is -1.11. The minimum atomic E-state index is 0.750. The molecule has 0 aromatic carbocycles. The molecule has 0 atom stereocenters. The van der Waals surface area contributed by atoms with Gasteiger partial charge in [-0.25, -0.2) is 0 Å². The molecule has 0 aromatic heterocycles. The maximum atomic E-state index is 7.42. The van der Waals surface area contributed by atoms with Crippen LogP contribution >= 0.6 is 0 Å². The summed E-state index contributed by atoms with van der Waals surface area (Å²) in [7, 11) is 0. The molecule has 0 spiro atoms. The van der Waals surface area contributed by atoms with Crippen LogP contribution in [0.15, 0.2) is 36.5 Å². The quantitative estimate of drug-likeness (QED) is 0.581. The van der Waals surface area contributed by atoms with E-state index in [1.807, 2.05) is 18.2 Å². The Labute approximate surface area is 67.6 Å². The van der Waals surface area contributed by atoms with E-state index in [9.17, 15) is 0 Å². The van der Waals surface area contributed by atoms with Crippen LogP contribution in [0.4, 0.5) is 0 Å². The molecule has 1 nitrogen and oxygen atoms in total. The van der Waals surface area contributed by atoms with E-state index < -0.39 is 0 Å². The van der Waals surface area contributed by atoms with Gasteiger partial charge in [0.05, 0.1) is 0 Å². The van der Waals surface area contributed by atoms with Crippen molar-refractivity contribution in [3.8, 4) is 0 Å². The predicted molar refractivity (Wildman–Crippen MR) is 49.0 cm³/mol. The van der Waals surface area contributed by atoms with Crippen LogP contribution in [0.2, 0.25) is 0 Å². The van der Waals surface area contributed by atoms with E-state index >= 15 is 0 Å². The Morgan fingerprint density at radius 1 is 1.45 bits per heavy atom. The highest BCUT2D eigenvalue weighted by molar-refractivity contribution is 5.94. The van der Waals surface area contributed by atoms with E-state index in [0.717, 1.165) is 25.0 Å². The van der Waals surface area contributed by atoms with Gasteiger partial charge in [-0.2, -0.15) is 0 Å². The van der Waals surface area contributed by atoms with Gasteiger partial charge in [-0.1, -0.05) is 24.8 Å². The Morgan fingerprint density at radius 2 is 2.27 bits per heavy atom. The van der Waals surface area contributed by atoms with Gasteiger partial charge in [0.15, 0.2) is 0 Å². The zero-order chi connectivity index (χ0) is 8.10. The zero-order valence-corrected chi connectivity index (χ0v) is 6.64. The van der Waals surface area contributed by atoms with Crippen LogP contribution in [0.5, 0.6) is 0 Å². The lowest BCUT2D eigenvalue weighted by molar-refractivity contribution is 0.849. The molecule has 1 N–H and O–H groups in total. The summed E-state index contributed by atoms with van der Waals surface area (Å²) in [6, 6.07) is 0. The normalized spacial score (nSPS) is 18.5. The van der Waals surface area contributed by atoms with Crippen LogP contribution in [-0.4, -0.2) is 5.71 Å². The maximum absolute atomic E-state index is 7.42. The smallest absolute Gasteiger partial charge is 0.0316 e. The number of rotatable bonds is 2. The third kappa shape index (κ3) is 2.54. The molecule has 1 rings (SSSR count). The summed E-state index contributed by atoms with van der Waals surface area (Å²) >= 11 is 0. The van der Waals surface area contributed by atoms with Crippen molar-refractivity contribution < 1.29 is 0 Å². The second kappa shape index (κ2) is 3.91. The second-order valence-corrected chi connectivity index (χ2v) is 2.69. The van der Waals surface area contributed by atoms with Crippen molar-refractivity contribution in [1.82, 2.24) is 0 Å². The van der Waals surface area contributed by atoms with Crippen molar-refractivity contribution in [1.29, 1.82) is 5.41 Å².